The van der Waals surface area contributed by atoms with Crippen LogP contribution in [-0.2, 0) is 0 Å². The minimum atomic E-state index is 0.703. The van der Waals surface area contributed by atoms with E-state index in [0.29, 0.717) is 4.77 Å². The molecule has 3 nitrogen and oxygen atoms in total. The molecule has 0 unspecified atom stereocenters. The van der Waals surface area contributed by atoms with Crippen LogP contribution in [0, 0.1) is 8.34 Å². The van der Waals surface area contributed by atoms with Crippen LogP contribution in [-0.4, -0.2) is 16.2 Å². The van der Waals surface area contributed by atoms with Crippen LogP contribution < -0.4 is 4.74 Å². The number of rotatable bonds is 4. The van der Waals surface area contributed by atoms with Crippen molar-refractivity contribution in [3.63, 3.8) is 0 Å². The number of benzene rings is 2. The summed E-state index contributed by atoms with van der Waals surface area (Å²) in [6.07, 6.45) is 1.01. The van der Waals surface area contributed by atoms with Crippen molar-refractivity contribution in [1.29, 1.82) is 0 Å². The van der Waals surface area contributed by atoms with Gasteiger partial charge in [-0.3, -0.25) is 4.57 Å². The van der Waals surface area contributed by atoms with E-state index in [1.807, 2.05) is 28.8 Å². The first-order chi connectivity index (χ1) is 10.2. The number of aromatic nitrogens is 2. The zero-order chi connectivity index (χ0) is 14.8. The molecule has 3 rings (SSSR count). The van der Waals surface area contributed by atoms with Gasteiger partial charge in [0.1, 0.15) is 5.75 Å². The number of nitrogens with one attached hydrogen (secondary N) is 1. The lowest BCUT2D eigenvalue weighted by Crippen LogP contribution is -1.97. The number of fused-ring (bicyclic) bond motifs is 1. The first-order valence-electron chi connectivity index (χ1n) is 6.82. The molecule has 0 amide bonds. The van der Waals surface area contributed by atoms with Crippen molar-refractivity contribution in [2.24, 2.45) is 0 Å². The van der Waals surface area contributed by atoms with Crippen LogP contribution in [0.4, 0.5) is 0 Å². The van der Waals surface area contributed by atoms with Crippen LogP contribution in [0.2, 0.25) is 0 Å². The molecule has 0 saturated carbocycles. The summed E-state index contributed by atoms with van der Waals surface area (Å²) < 4.78 is 9.55. The van der Waals surface area contributed by atoms with Crippen molar-refractivity contribution in [3.8, 4) is 11.4 Å². The fourth-order valence-electron chi connectivity index (χ4n) is 2.25. The molecule has 1 N–H and O–H groups in total. The Hall–Kier alpha value is -1.34. The van der Waals surface area contributed by atoms with Crippen LogP contribution in [0.15, 0.2) is 42.5 Å². The second-order valence-corrected chi connectivity index (χ2v) is 6.40. The molecule has 108 valence electrons. The van der Waals surface area contributed by atoms with Crippen molar-refractivity contribution in [2.45, 2.75) is 13.3 Å². The molecule has 1 aromatic heterocycles. The number of ether oxygens (including phenoxy) is 1. The van der Waals surface area contributed by atoms with Crippen LogP contribution in [0.5, 0.6) is 5.75 Å². The van der Waals surface area contributed by atoms with E-state index in [1.165, 1.54) is 3.57 Å². The Bertz CT molecular complexity index is 820. The monoisotopic (exact) mass is 410 g/mol. The fourth-order valence-corrected chi connectivity index (χ4v) is 3.06. The van der Waals surface area contributed by atoms with Crippen molar-refractivity contribution in [2.75, 3.05) is 6.61 Å². The van der Waals surface area contributed by atoms with E-state index < -0.39 is 0 Å². The Morgan fingerprint density at radius 1 is 1.19 bits per heavy atom. The fraction of sp³-hybridized carbons (Fsp3) is 0.188. The van der Waals surface area contributed by atoms with E-state index in [0.717, 1.165) is 35.5 Å². The lowest BCUT2D eigenvalue weighted by atomic mass is 10.2. The smallest absolute Gasteiger partial charge is 0.182 e. The molecule has 0 spiro atoms. The molecular formula is C16H15IN2OS. The van der Waals surface area contributed by atoms with Gasteiger partial charge in [-0.1, -0.05) is 6.92 Å². The number of aromatic amines is 1. The lowest BCUT2D eigenvalue weighted by Gasteiger charge is -2.07. The highest BCUT2D eigenvalue weighted by atomic mass is 127. The summed E-state index contributed by atoms with van der Waals surface area (Å²) in [5.74, 6) is 0.890. The first-order valence-corrected chi connectivity index (χ1v) is 8.31. The Balaban J connectivity index is 2.04. The average molecular weight is 410 g/mol. The molecule has 0 aliphatic carbocycles. The van der Waals surface area contributed by atoms with Gasteiger partial charge in [0, 0.05) is 9.26 Å². The molecule has 1 heterocycles. The second kappa shape index (κ2) is 6.19. The van der Waals surface area contributed by atoms with E-state index in [1.54, 1.807) is 0 Å². The molecule has 2 aromatic carbocycles. The number of nitrogens with zero attached hydrogens (tertiary/aromatic N) is 1. The van der Waals surface area contributed by atoms with E-state index in [2.05, 4.69) is 52.7 Å². The van der Waals surface area contributed by atoms with Gasteiger partial charge in [0.2, 0.25) is 0 Å². The third-order valence-corrected chi connectivity index (χ3v) is 4.17. The van der Waals surface area contributed by atoms with Crippen LogP contribution in [0.1, 0.15) is 13.3 Å². The molecule has 21 heavy (non-hydrogen) atoms. The third-order valence-electron chi connectivity index (χ3n) is 3.21. The molecule has 0 fully saturated rings. The summed E-state index contributed by atoms with van der Waals surface area (Å²) in [6, 6.07) is 14.3. The molecule has 0 saturated heterocycles. The van der Waals surface area contributed by atoms with E-state index in [-0.39, 0.29) is 0 Å². The van der Waals surface area contributed by atoms with Crippen molar-refractivity contribution >= 4 is 45.8 Å². The van der Waals surface area contributed by atoms with Crippen molar-refractivity contribution in [1.82, 2.24) is 9.55 Å². The van der Waals surface area contributed by atoms with Gasteiger partial charge >= 0.3 is 0 Å². The summed E-state index contributed by atoms with van der Waals surface area (Å²) in [6.45, 7) is 2.84. The first kappa shape index (κ1) is 14.6. The number of halogens is 1. The normalized spacial score (nSPS) is 11.0. The summed E-state index contributed by atoms with van der Waals surface area (Å²) in [7, 11) is 0. The second-order valence-electron chi connectivity index (χ2n) is 4.77. The number of hydrogen-bond donors (Lipinski definition) is 1. The molecule has 0 atom stereocenters. The highest BCUT2D eigenvalue weighted by molar-refractivity contribution is 14.1. The largest absolute Gasteiger partial charge is 0.494 e. The van der Waals surface area contributed by atoms with Crippen LogP contribution in [0.25, 0.3) is 16.7 Å². The van der Waals surface area contributed by atoms with Gasteiger partial charge in [-0.2, -0.15) is 0 Å². The van der Waals surface area contributed by atoms with Gasteiger partial charge in [-0.25, -0.2) is 0 Å². The zero-order valence-electron chi connectivity index (χ0n) is 11.6. The Morgan fingerprint density at radius 3 is 2.67 bits per heavy atom. The van der Waals surface area contributed by atoms with E-state index >= 15 is 0 Å². The standard InChI is InChI=1S/C16H15IN2OS/c1-2-9-20-13-6-4-12(5-7-13)19-15-8-3-11(17)10-14(15)18-16(19)21/h3-8,10H,2,9H2,1H3,(H,18,21). The predicted octanol–water partition coefficient (Wildman–Crippen LogP) is 5.08. The van der Waals surface area contributed by atoms with Crippen LogP contribution in [0.3, 0.4) is 0 Å². The van der Waals surface area contributed by atoms with E-state index in [9.17, 15) is 0 Å². The predicted molar refractivity (Wildman–Crippen MR) is 97.0 cm³/mol. The number of imidazole rings is 1. The molecule has 5 heteroatoms. The number of H-pyrrole nitrogens is 1. The molecule has 0 aliphatic rings. The topological polar surface area (TPSA) is 29.9 Å². The minimum absolute atomic E-state index is 0.703. The Labute approximate surface area is 142 Å². The molecule has 0 bridgehead atoms. The highest BCUT2D eigenvalue weighted by Crippen LogP contribution is 2.23. The van der Waals surface area contributed by atoms with Gasteiger partial charge in [0.15, 0.2) is 4.77 Å². The Kier molecular flexibility index (Phi) is 4.30. The average Bonchev–Trinajstić information content (AvgIpc) is 2.80. The summed E-state index contributed by atoms with van der Waals surface area (Å²) in [4.78, 5) is 3.26. The van der Waals surface area contributed by atoms with Gasteiger partial charge in [-0.15, -0.1) is 0 Å². The third kappa shape index (κ3) is 2.98. The zero-order valence-corrected chi connectivity index (χ0v) is 14.6. The van der Waals surface area contributed by atoms with Crippen molar-refractivity contribution in [3.05, 3.63) is 50.8 Å². The van der Waals surface area contributed by atoms with Gasteiger partial charge in [0.05, 0.1) is 17.6 Å². The summed E-state index contributed by atoms with van der Waals surface area (Å²) in [5.41, 5.74) is 3.18. The lowest BCUT2D eigenvalue weighted by molar-refractivity contribution is 0.317. The Morgan fingerprint density at radius 2 is 1.95 bits per heavy atom. The maximum atomic E-state index is 5.62. The highest BCUT2D eigenvalue weighted by Gasteiger charge is 2.07. The molecule has 0 aliphatic heterocycles. The van der Waals surface area contributed by atoms with Gasteiger partial charge < -0.3 is 9.72 Å². The maximum absolute atomic E-state index is 5.62. The summed E-state index contributed by atoms with van der Waals surface area (Å²) in [5, 5.41) is 0. The van der Waals surface area contributed by atoms with Gasteiger partial charge in [-0.05, 0) is 83.7 Å². The maximum Gasteiger partial charge on any atom is 0.182 e. The molecule has 0 radical (unpaired) electrons. The SMILES string of the molecule is CCCOc1ccc(-n2c(=S)[nH]c3cc(I)ccc32)cc1. The molecular weight excluding hydrogens is 395 g/mol. The minimum Gasteiger partial charge on any atom is -0.494 e. The quantitative estimate of drug-likeness (QED) is 0.480. The van der Waals surface area contributed by atoms with Gasteiger partial charge in [0.25, 0.3) is 0 Å². The number of hydrogen-bond acceptors (Lipinski definition) is 2. The molecule has 3 aromatic rings. The van der Waals surface area contributed by atoms with Crippen molar-refractivity contribution < 1.29 is 4.74 Å². The van der Waals surface area contributed by atoms with Crippen LogP contribution >= 0.6 is 34.8 Å². The van der Waals surface area contributed by atoms with E-state index in [4.69, 9.17) is 17.0 Å². The summed E-state index contributed by atoms with van der Waals surface area (Å²) >= 11 is 7.76.